The number of para-hydroxylation sites is 2. The van der Waals surface area contributed by atoms with E-state index in [4.69, 9.17) is 14.3 Å². The van der Waals surface area contributed by atoms with Gasteiger partial charge >= 0.3 is 7.12 Å². The molecule has 0 N–H and O–H groups in total. The molecule has 0 unspecified atom stereocenters. The molecule has 1 saturated heterocycles. The van der Waals surface area contributed by atoms with E-state index in [0.29, 0.717) is 0 Å². The van der Waals surface area contributed by atoms with Crippen molar-refractivity contribution in [2.24, 2.45) is 7.05 Å². The second-order valence-corrected chi connectivity index (χ2v) is 8.14. The number of rotatable bonds is 2. The molecular formula is C21H25BN2O2. The van der Waals surface area contributed by atoms with Crippen LogP contribution in [-0.4, -0.2) is 27.9 Å². The molecule has 4 nitrogen and oxygen atoms in total. The van der Waals surface area contributed by atoms with Crippen molar-refractivity contribution in [1.29, 1.82) is 0 Å². The van der Waals surface area contributed by atoms with Crippen LogP contribution in [0.4, 0.5) is 0 Å². The fourth-order valence-electron chi connectivity index (χ4n) is 3.45. The highest BCUT2D eigenvalue weighted by Crippen LogP contribution is 2.37. The predicted octanol–water partition coefficient (Wildman–Crippen LogP) is 3.85. The van der Waals surface area contributed by atoms with Gasteiger partial charge in [-0.15, -0.1) is 0 Å². The van der Waals surface area contributed by atoms with Gasteiger partial charge in [0.1, 0.15) is 5.82 Å². The highest BCUT2D eigenvalue weighted by atomic mass is 16.7. The van der Waals surface area contributed by atoms with Crippen molar-refractivity contribution in [3.8, 4) is 11.4 Å². The van der Waals surface area contributed by atoms with Crippen LogP contribution in [0.3, 0.4) is 0 Å². The molecule has 1 aromatic heterocycles. The third-order valence-corrected chi connectivity index (χ3v) is 5.82. The number of aromatic nitrogens is 2. The van der Waals surface area contributed by atoms with E-state index in [2.05, 4.69) is 70.5 Å². The highest BCUT2D eigenvalue weighted by molar-refractivity contribution is 6.62. The van der Waals surface area contributed by atoms with Gasteiger partial charge in [-0.05, 0) is 58.3 Å². The molecule has 0 aliphatic carbocycles. The fourth-order valence-corrected chi connectivity index (χ4v) is 3.45. The van der Waals surface area contributed by atoms with Crippen LogP contribution in [0.25, 0.3) is 22.4 Å². The maximum atomic E-state index is 6.21. The third kappa shape index (κ3) is 2.58. The summed E-state index contributed by atoms with van der Waals surface area (Å²) in [6, 6.07) is 14.6. The van der Waals surface area contributed by atoms with E-state index in [1.165, 1.54) is 0 Å². The molecule has 2 aromatic carbocycles. The van der Waals surface area contributed by atoms with E-state index in [9.17, 15) is 0 Å². The largest absolute Gasteiger partial charge is 0.495 e. The number of hydrogen-bond donors (Lipinski definition) is 0. The van der Waals surface area contributed by atoms with Crippen LogP contribution < -0.4 is 5.46 Å². The lowest BCUT2D eigenvalue weighted by Gasteiger charge is -2.32. The maximum Gasteiger partial charge on any atom is 0.495 e. The topological polar surface area (TPSA) is 36.3 Å². The van der Waals surface area contributed by atoms with Crippen LogP contribution in [-0.2, 0) is 16.4 Å². The van der Waals surface area contributed by atoms with Crippen LogP contribution in [0, 0.1) is 6.92 Å². The van der Waals surface area contributed by atoms with Gasteiger partial charge in [0, 0.05) is 12.6 Å². The van der Waals surface area contributed by atoms with Gasteiger partial charge in [-0.2, -0.15) is 0 Å². The molecule has 1 aliphatic rings. The Kier molecular flexibility index (Phi) is 3.79. The summed E-state index contributed by atoms with van der Waals surface area (Å²) < 4.78 is 14.5. The van der Waals surface area contributed by atoms with Gasteiger partial charge in [0.05, 0.1) is 22.2 Å². The van der Waals surface area contributed by atoms with Crippen LogP contribution in [0.15, 0.2) is 42.5 Å². The summed E-state index contributed by atoms with van der Waals surface area (Å²) in [6.07, 6.45) is 0. The minimum atomic E-state index is -0.338. The first-order valence-corrected chi connectivity index (χ1v) is 9.08. The van der Waals surface area contributed by atoms with Crippen molar-refractivity contribution in [3.63, 3.8) is 0 Å². The molecular weight excluding hydrogens is 323 g/mol. The normalized spacial score (nSPS) is 18.6. The summed E-state index contributed by atoms with van der Waals surface area (Å²) >= 11 is 0. The van der Waals surface area contributed by atoms with E-state index in [1.807, 2.05) is 18.2 Å². The molecule has 0 saturated carbocycles. The molecule has 1 aliphatic heterocycles. The summed E-state index contributed by atoms with van der Waals surface area (Å²) in [5.41, 5.74) is 4.80. The molecule has 0 atom stereocenters. The minimum absolute atomic E-state index is 0.333. The van der Waals surface area contributed by atoms with Crippen molar-refractivity contribution < 1.29 is 9.31 Å². The number of hydrogen-bond acceptors (Lipinski definition) is 3. The second kappa shape index (κ2) is 5.70. The standard InChI is InChI=1S/C21H25BN2O2/c1-14-13-15(19-23-17-9-7-8-10-18(17)24(19)6)11-12-16(14)22-25-20(2,3)21(4,5)26-22/h7-13H,1-6H3. The van der Waals surface area contributed by atoms with Gasteiger partial charge in [0.25, 0.3) is 0 Å². The Morgan fingerprint density at radius 2 is 1.62 bits per heavy atom. The zero-order valence-corrected chi connectivity index (χ0v) is 16.3. The molecule has 134 valence electrons. The summed E-state index contributed by atoms with van der Waals surface area (Å²) in [5, 5.41) is 0. The third-order valence-electron chi connectivity index (χ3n) is 5.82. The van der Waals surface area contributed by atoms with E-state index in [1.54, 1.807) is 0 Å². The van der Waals surface area contributed by atoms with Gasteiger partial charge in [0.2, 0.25) is 0 Å². The lowest BCUT2D eigenvalue weighted by atomic mass is 9.76. The minimum Gasteiger partial charge on any atom is -0.399 e. The first kappa shape index (κ1) is 17.3. The number of fused-ring (bicyclic) bond motifs is 1. The number of nitrogens with zero attached hydrogens (tertiary/aromatic N) is 2. The SMILES string of the molecule is Cc1cc(-c2nc3ccccc3n2C)ccc1B1OC(C)(C)C(C)(C)O1. The van der Waals surface area contributed by atoms with E-state index in [0.717, 1.165) is 33.4 Å². The maximum absolute atomic E-state index is 6.21. The summed E-state index contributed by atoms with van der Waals surface area (Å²) in [5.74, 6) is 0.967. The lowest BCUT2D eigenvalue weighted by Crippen LogP contribution is -2.41. The number of benzene rings is 2. The summed E-state index contributed by atoms with van der Waals surface area (Å²) in [7, 11) is 1.72. The monoisotopic (exact) mass is 348 g/mol. The van der Waals surface area contributed by atoms with Gasteiger partial charge in [0.15, 0.2) is 0 Å². The van der Waals surface area contributed by atoms with E-state index in [-0.39, 0.29) is 18.3 Å². The average Bonchev–Trinajstić information content (AvgIpc) is 3.01. The van der Waals surface area contributed by atoms with Crippen molar-refractivity contribution in [1.82, 2.24) is 9.55 Å². The number of imidazole rings is 1. The molecule has 26 heavy (non-hydrogen) atoms. The van der Waals surface area contributed by atoms with Crippen LogP contribution in [0.2, 0.25) is 0 Å². The highest BCUT2D eigenvalue weighted by Gasteiger charge is 2.52. The molecule has 0 bridgehead atoms. The Bertz CT molecular complexity index is 975. The Balaban J connectivity index is 1.72. The first-order chi connectivity index (χ1) is 12.2. The second-order valence-electron chi connectivity index (χ2n) is 8.14. The van der Waals surface area contributed by atoms with Gasteiger partial charge in [-0.25, -0.2) is 4.98 Å². The predicted molar refractivity (Wildman–Crippen MR) is 107 cm³/mol. The van der Waals surface area contributed by atoms with Gasteiger partial charge in [-0.1, -0.05) is 29.8 Å². The summed E-state index contributed by atoms with van der Waals surface area (Å²) in [6.45, 7) is 10.4. The molecule has 4 rings (SSSR count). The molecule has 0 amide bonds. The quantitative estimate of drug-likeness (QED) is 0.660. The van der Waals surface area contributed by atoms with Crippen molar-refractivity contribution in [2.45, 2.75) is 45.8 Å². The van der Waals surface area contributed by atoms with Crippen LogP contribution >= 0.6 is 0 Å². The van der Waals surface area contributed by atoms with E-state index >= 15 is 0 Å². The average molecular weight is 348 g/mol. The van der Waals surface area contributed by atoms with E-state index < -0.39 is 0 Å². The van der Waals surface area contributed by atoms with Crippen molar-refractivity contribution in [3.05, 3.63) is 48.0 Å². The zero-order valence-electron chi connectivity index (χ0n) is 16.3. The molecule has 0 spiro atoms. The Morgan fingerprint density at radius 1 is 0.962 bits per heavy atom. The smallest absolute Gasteiger partial charge is 0.399 e. The summed E-state index contributed by atoms with van der Waals surface area (Å²) in [4.78, 5) is 4.80. The Labute approximate surface area is 155 Å². The molecule has 1 fully saturated rings. The Hall–Kier alpha value is -2.11. The first-order valence-electron chi connectivity index (χ1n) is 9.08. The zero-order chi connectivity index (χ0) is 18.7. The fraction of sp³-hybridized carbons (Fsp3) is 0.381. The van der Waals surface area contributed by atoms with Gasteiger partial charge in [-0.3, -0.25) is 0 Å². The molecule has 3 aromatic rings. The lowest BCUT2D eigenvalue weighted by molar-refractivity contribution is 0.00578. The van der Waals surface area contributed by atoms with Crippen molar-refractivity contribution in [2.75, 3.05) is 0 Å². The molecule has 0 radical (unpaired) electrons. The molecule has 2 heterocycles. The van der Waals surface area contributed by atoms with Gasteiger partial charge < -0.3 is 13.9 Å². The Morgan fingerprint density at radius 3 is 2.23 bits per heavy atom. The van der Waals surface area contributed by atoms with Crippen LogP contribution in [0.1, 0.15) is 33.3 Å². The van der Waals surface area contributed by atoms with Crippen LogP contribution in [0.5, 0.6) is 0 Å². The van der Waals surface area contributed by atoms with Crippen molar-refractivity contribution >= 4 is 23.6 Å². The number of aryl methyl sites for hydroxylation is 2. The molecule has 5 heteroatoms.